The van der Waals surface area contributed by atoms with E-state index in [-0.39, 0.29) is 17.5 Å². The normalized spacial score (nSPS) is 39.9. The third-order valence-electron chi connectivity index (χ3n) is 4.16. The van der Waals surface area contributed by atoms with Gasteiger partial charge in [0.15, 0.2) is 0 Å². The number of ether oxygens (including phenoxy) is 2. The lowest BCUT2D eigenvalue weighted by atomic mass is 9.75. The topological polar surface area (TPSA) is 38.8 Å². The number of rotatable bonds is 4. The predicted molar refractivity (Wildman–Crippen MR) is 65.6 cm³/mol. The van der Waals surface area contributed by atoms with E-state index in [2.05, 4.69) is 27.7 Å². The van der Waals surface area contributed by atoms with Gasteiger partial charge < -0.3 is 9.47 Å². The van der Waals surface area contributed by atoms with Gasteiger partial charge in [-0.15, -0.1) is 0 Å². The van der Waals surface area contributed by atoms with Crippen molar-refractivity contribution in [2.75, 3.05) is 6.61 Å². The highest BCUT2D eigenvalue weighted by Crippen LogP contribution is 2.51. The van der Waals surface area contributed by atoms with E-state index in [0.717, 1.165) is 19.3 Å². The molecule has 1 saturated carbocycles. The van der Waals surface area contributed by atoms with Crippen LogP contribution in [0.1, 0.15) is 47.0 Å². The number of epoxide rings is 1. The summed E-state index contributed by atoms with van der Waals surface area (Å²) in [6.45, 7) is 9.12. The van der Waals surface area contributed by atoms with Crippen molar-refractivity contribution in [3.05, 3.63) is 0 Å². The Morgan fingerprint density at radius 3 is 2.88 bits per heavy atom. The van der Waals surface area contributed by atoms with Gasteiger partial charge in [-0.3, -0.25) is 4.79 Å². The minimum Gasteiger partial charge on any atom is -0.465 e. The molecule has 0 aromatic carbocycles. The second-order valence-corrected chi connectivity index (χ2v) is 6.29. The molecule has 4 atom stereocenters. The predicted octanol–water partition coefficient (Wildman–Crippen LogP) is 2.78. The molecule has 0 radical (unpaired) electrons. The SMILES string of the molecule is CC(C)CCOC(=O)C1CC2OC2(C)CC1C. The maximum atomic E-state index is 12.0. The maximum absolute atomic E-state index is 12.0. The van der Waals surface area contributed by atoms with Gasteiger partial charge in [-0.2, -0.15) is 0 Å². The molecule has 0 N–H and O–H groups in total. The van der Waals surface area contributed by atoms with Crippen LogP contribution < -0.4 is 0 Å². The minimum atomic E-state index is -0.0179. The highest BCUT2D eigenvalue weighted by atomic mass is 16.6. The quantitative estimate of drug-likeness (QED) is 0.560. The van der Waals surface area contributed by atoms with Gasteiger partial charge in [0.2, 0.25) is 0 Å². The van der Waals surface area contributed by atoms with Crippen molar-refractivity contribution < 1.29 is 14.3 Å². The number of fused-ring (bicyclic) bond motifs is 1. The van der Waals surface area contributed by atoms with Crippen molar-refractivity contribution in [1.82, 2.24) is 0 Å². The fraction of sp³-hybridized carbons (Fsp3) is 0.929. The lowest BCUT2D eigenvalue weighted by molar-refractivity contribution is -0.151. The van der Waals surface area contributed by atoms with E-state index >= 15 is 0 Å². The van der Waals surface area contributed by atoms with E-state index < -0.39 is 0 Å². The molecule has 1 aliphatic heterocycles. The summed E-state index contributed by atoms with van der Waals surface area (Å²) in [5, 5.41) is 0. The first-order valence-corrected chi connectivity index (χ1v) is 6.77. The molecule has 1 aliphatic carbocycles. The Morgan fingerprint density at radius 1 is 1.53 bits per heavy atom. The molecule has 3 nitrogen and oxygen atoms in total. The van der Waals surface area contributed by atoms with Gasteiger partial charge in [-0.1, -0.05) is 20.8 Å². The average Bonchev–Trinajstić information content (AvgIpc) is 2.85. The number of esters is 1. The van der Waals surface area contributed by atoms with E-state index in [4.69, 9.17) is 9.47 Å². The Morgan fingerprint density at radius 2 is 2.24 bits per heavy atom. The number of carbonyl (C=O) groups excluding carboxylic acids is 1. The zero-order valence-corrected chi connectivity index (χ0v) is 11.4. The molecular weight excluding hydrogens is 216 g/mol. The summed E-state index contributed by atoms with van der Waals surface area (Å²) < 4.78 is 11.0. The van der Waals surface area contributed by atoms with E-state index in [9.17, 15) is 4.79 Å². The molecule has 1 saturated heterocycles. The molecule has 0 bridgehead atoms. The van der Waals surface area contributed by atoms with Crippen molar-refractivity contribution in [3.63, 3.8) is 0 Å². The van der Waals surface area contributed by atoms with Crippen LogP contribution in [0.5, 0.6) is 0 Å². The maximum Gasteiger partial charge on any atom is 0.309 e. The lowest BCUT2D eigenvalue weighted by Crippen LogP contribution is -2.34. The lowest BCUT2D eigenvalue weighted by Gasteiger charge is -2.27. The Balaban J connectivity index is 1.79. The number of hydrogen-bond donors (Lipinski definition) is 0. The van der Waals surface area contributed by atoms with Gasteiger partial charge >= 0.3 is 5.97 Å². The van der Waals surface area contributed by atoms with Crippen LogP contribution >= 0.6 is 0 Å². The van der Waals surface area contributed by atoms with Crippen molar-refractivity contribution in [2.24, 2.45) is 17.8 Å². The van der Waals surface area contributed by atoms with E-state index in [1.54, 1.807) is 0 Å². The summed E-state index contributed by atoms with van der Waals surface area (Å²) in [7, 11) is 0. The van der Waals surface area contributed by atoms with Crippen molar-refractivity contribution in [2.45, 2.75) is 58.7 Å². The Bertz CT molecular complexity index is 300. The number of hydrogen-bond acceptors (Lipinski definition) is 3. The summed E-state index contributed by atoms with van der Waals surface area (Å²) in [6, 6.07) is 0. The molecule has 1 heterocycles. The van der Waals surface area contributed by atoms with Crippen LogP contribution in [-0.4, -0.2) is 24.3 Å². The van der Waals surface area contributed by atoms with Crippen LogP contribution in [0.15, 0.2) is 0 Å². The van der Waals surface area contributed by atoms with Crippen LogP contribution in [0.3, 0.4) is 0 Å². The van der Waals surface area contributed by atoms with Crippen molar-refractivity contribution in [1.29, 1.82) is 0 Å². The first kappa shape index (κ1) is 12.9. The minimum absolute atomic E-state index is 0.0179. The van der Waals surface area contributed by atoms with Crippen molar-refractivity contribution >= 4 is 5.97 Å². The van der Waals surface area contributed by atoms with Crippen molar-refractivity contribution in [3.8, 4) is 0 Å². The summed E-state index contributed by atoms with van der Waals surface area (Å²) >= 11 is 0. The molecule has 2 fully saturated rings. The highest BCUT2D eigenvalue weighted by Gasteiger charge is 2.58. The fourth-order valence-corrected chi connectivity index (χ4v) is 2.84. The van der Waals surface area contributed by atoms with E-state index in [0.29, 0.717) is 24.5 Å². The van der Waals surface area contributed by atoms with Crippen LogP contribution in [0.4, 0.5) is 0 Å². The van der Waals surface area contributed by atoms with Gasteiger partial charge in [0.1, 0.15) is 0 Å². The molecule has 0 aromatic heterocycles. The Kier molecular flexibility index (Phi) is 3.48. The molecule has 4 unspecified atom stereocenters. The first-order valence-electron chi connectivity index (χ1n) is 6.77. The summed E-state index contributed by atoms with van der Waals surface area (Å²) in [4.78, 5) is 12.0. The summed E-state index contributed by atoms with van der Waals surface area (Å²) in [6.07, 6.45) is 3.07. The molecule has 0 aromatic rings. The molecule has 2 aliphatic rings. The van der Waals surface area contributed by atoms with Gasteiger partial charge in [0.25, 0.3) is 0 Å². The first-order chi connectivity index (χ1) is 7.92. The smallest absolute Gasteiger partial charge is 0.309 e. The van der Waals surface area contributed by atoms with Gasteiger partial charge in [-0.05, 0) is 38.0 Å². The second kappa shape index (κ2) is 4.60. The molecule has 2 rings (SSSR count). The zero-order chi connectivity index (χ0) is 12.6. The van der Waals surface area contributed by atoms with E-state index in [1.807, 2.05) is 0 Å². The van der Waals surface area contributed by atoms with E-state index in [1.165, 1.54) is 0 Å². The van der Waals surface area contributed by atoms with Gasteiger partial charge in [-0.25, -0.2) is 0 Å². The van der Waals surface area contributed by atoms with Crippen LogP contribution in [-0.2, 0) is 14.3 Å². The number of carbonyl (C=O) groups is 1. The summed E-state index contributed by atoms with van der Waals surface area (Å²) in [5.74, 6) is 0.991. The molecule has 0 amide bonds. The fourth-order valence-electron chi connectivity index (χ4n) is 2.84. The molecule has 3 heteroatoms. The molecular formula is C14H24O3. The van der Waals surface area contributed by atoms with Crippen LogP contribution in [0, 0.1) is 17.8 Å². The van der Waals surface area contributed by atoms with Crippen LogP contribution in [0.25, 0.3) is 0 Å². The highest BCUT2D eigenvalue weighted by molar-refractivity contribution is 5.73. The average molecular weight is 240 g/mol. The van der Waals surface area contributed by atoms with Crippen LogP contribution in [0.2, 0.25) is 0 Å². The molecule has 17 heavy (non-hydrogen) atoms. The standard InChI is InChI=1S/C14H24O3/c1-9(2)5-6-16-13(15)11-7-12-14(4,17-12)8-10(11)3/h9-12H,5-8H2,1-4H3. The molecule has 98 valence electrons. The van der Waals surface area contributed by atoms with Gasteiger partial charge in [0.05, 0.1) is 24.2 Å². The van der Waals surface area contributed by atoms with Gasteiger partial charge in [0, 0.05) is 0 Å². The Hall–Kier alpha value is -0.570. The second-order valence-electron chi connectivity index (χ2n) is 6.29. The Labute approximate surface area is 104 Å². The monoisotopic (exact) mass is 240 g/mol. The summed E-state index contributed by atoms with van der Waals surface area (Å²) in [5.41, 5.74) is 0.0636. The zero-order valence-electron chi connectivity index (χ0n) is 11.4. The third-order valence-corrected chi connectivity index (χ3v) is 4.16. The third kappa shape index (κ3) is 2.82. The molecule has 0 spiro atoms. The largest absolute Gasteiger partial charge is 0.465 e.